The van der Waals surface area contributed by atoms with Crippen molar-refractivity contribution >= 4 is 11.6 Å². The summed E-state index contributed by atoms with van der Waals surface area (Å²) >= 11 is 0. The summed E-state index contributed by atoms with van der Waals surface area (Å²) in [5.41, 5.74) is 1.11. The Hall–Kier alpha value is -1.55. The number of piperidine rings is 1. The summed E-state index contributed by atoms with van der Waals surface area (Å²) in [6.07, 6.45) is 7.58. The summed E-state index contributed by atoms with van der Waals surface area (Å²) in [5, 5.41) is 3.50. The van der Waals surface area contributed by atoms with Gasteiger partial charge in [0, 0.05) is 38.5 Å². The summed E-state index contributed by atoms with van der Waals surface area (Å²) < 4.78 is 5.70. The van der Waals surface area contributed by atoms with Gasteiger partial charge in [-0.15, -0.1) is 0 Å². The normalized spacial score (nSPS) is 19.0. The highest BCUT2D eigenvalue weighted by Gasteiger charge is 2.20. The molecule has 0 aromatic heterocycles. The van der Waals surface area contributed by atoms with Crippen molar-refractivity contribution < 1.29 is 4.74 Å². The minimum Gasteiger partial charge on any atom is -0.381 e. The first-order valence-electron chi connectivity index (χ1n) is 9.11. The number of benzene rings is 1. The van der Waals surface area contributed by atoms with Crippen LogP contribution in [0.1, 0.15) is 38.5 Å². The molecule has 1 N–H and O–H groups in total. The van der Waals surface area contributed by atoms with Crippen molar-refractivity contribution in [1.82, 2.24) is 4.90 Å². The molecule has 0 unspecified atom stereocenters. The van der Waals surface area contributed by atoms with Crippen LogP contribution in [0.15, 0.2) is 35.3 Å². The van der Waals surface area contributed by atoms with Crippen LogP contribution in [0.5, 0.6) is 0 Å². The molecule has 3 rings (SSSR count). The molecule has 0 spiro atoms. The Morgan fingerprint density at radius 1 is 1.13 bits per heavy atom. The average molecular weight is 315 g/mol. The van der Waals surface area contributed by atoms with Crippen molar-refractivity contribution in [1.29, 1.82) is 0 Å². The van der Waals surface area contributed by atoms with Gasteiger partial charge in [-0.25, -0.2) is 0 Å². The van der Waals surface area contributed by atoms with Gasteiger partial charge in [-0.05, 0) is 56.6 Å². The van der Waals surface area contributed by atoms with E-state index in [-0.39, 0.29) is 0 Å². The maximum Gasteiger partial charge on any atom is 0.198 e. The van der Waals surface area contributed by atoms with Crippen LogP contribution in [0.3, 0.4) is 0 Å². The summed E-state index contributed by atoms with van der Waals surface area (Å²) in [6.45, 7) is 4.83. The second-order valence-corrected chi connectivity index (χ2v) is 6.62. The molecule has 1 aliphatic carbocycles. The van der Waals surface area contributed by atoms with E-state index in [4.69, 9.17) is 9.73 Å². The van der Waals surface area contributed by atoms with Gasteiger partial charge in [0.1, 0.15) is 0 Å². The summed E-state index contributed by atoms with van der Waals surface area (Å²) in [7, 11) is 0. The molecule has 1 aliphatic heterocycles. The molecule has 126 valence electrons. The molecule has 0 bridgehead atoms. The van der Waals surface area contributed by atoms with E-state index >= 15 is 0 Å². The van der Waals surface area contributed by atoms with Gasteiger partial charge in [0.25, 0.3) is 0 Å². The van der Waals surface area contributed by atoms with Gasteiger partial charge in [0.2, 0.25) is 0 Å². The number of likely N-dealkylation sites (tertiary alicyclic amines) is 1. The lowest BCUT2D eigenvalue weighted by Crippen LogP contribution is -2.40. The molecule has 23 heavy (non-hydrogen) atoms. The highest BCUT2D eigenvalue weighted by molar-refractivity contribution is 5.93. The monoisotopic (exact) mass is 315 g/mol. The molecule has 0 amide bonds. The van der Waals surface area contributed by atoms with Crippen molar-refractivity contribution in [2.75, 3.05) is 38.2 Å². The third-order valence-electron chi connectivity index (χ3n) is 4.44. The van der Waals surface area contributed by atoms with E-state index in [0.29, 0.717) is 0 Å². The second-order valence-electron chi connectivity index (χ2n) is 6.62. The zero-order chi connectivity index (χ0) is 15.7. The van der Waals surface area contributed by atoms with E-state index in [9.17, 15) is 0 Å². The van der Waals surface area contributed by atoms with Crippen molar-refractivity contribution in [2.24, 2.45) is 10.9 Å². The number of hydrogen-bond acceptors (Lipinski definition) is 2. The van der Waals surface area contributed by atoms with Crippen molar-refractivity contribution in [3.05, 3.63) is 30.3 Å². The quantitative estimate of drug-likeness (QED) is 0.473. The summed E-state index contributed by atoms with van der Waals surface area (Å²) in [6, 6.07) is 10.3. The maximum absolute atomic E-state index is 5.70. The maximum atomic E-state index is 5.70. The van der Waals surface area contributed by atoms with Crippen LogP contribution in [0.2, 0.25) is 0 Å². The number of guanidine groups is 1. The molecule has 1 aromatic carbocycles. The summed E-state index contributed by atoms with van der Waals surface area (Å²) in [4.78, 5) is 7.22. The smallest absolute Gasteiger partial charge is 0.198 e. The van der Waals surface area contributed by atoms with Crippen LogP contribution in [0.4, 0.5) is 5.69 Å². The van der Waals surface area contributed by atoms with Crippen LogP contribution >= 0.6 is 0 Å². The number of ether oxygens (including phenoxy) is 1. The number of rotatable bonds is 7. The first-order valence-corrected chi connectivity index (χ1v) is 9.11. The number of aliphatic imine (C=N–C) groups is 1. The van der Waals surface area contributed by atoms with Gasteiger partial charge in [-0.1, -0.05) is 18.2 Å². The third-order valence-corrected chi connectivity index (χ3v) is 4.44. The zero-order valence-electron chi connectivity index (χ0n) is 14.0. The minimum absolute atomic E-state index is 0.830. The predicted octanol–water partition coefficient (Wildman–Crippen LogP) is 3.76. The molecule has 1 heterocycles. The molecular formula is C19H29N3O. The second kappa shape index (κ2) is 8.92. The summed E-state index contributed by atoms with van der Waals surface area (Å²) in [5.74, 6) is 1.88. The van der Waals surface area contributed by atoms with Gasteiger partial charge in [-0.2, -0.15) is 0 Å². The topological polar surface area (TPSA) is 36.9 Å². The Kier molecular flexibility index (Phi) is 6.33. The van der Waals surface area contributed by atoms with Crippen LogP contribution in [-0.2, 0) is 4.74 Å². The van der Waals surface area contributed by atoms with Gasteiger partial charge in [0.15, 0.2) is 5.96 Å². The Morgan fingerprint density at radius 3 is 2.65 bits per heavy atom. The SMILES string of the molecule is c1ccc(NC(=NCCCOCC2CC2)N2CCCCC2)cc1. The number of hydrogen-bond donors (Lipinski definition) is 1. The molecule has 1 saturated heterocycles. The number of nitrogens with one attached hydrogen (secondary N) is 1. The van der Waals surface area contributed by atoms with Crippen LogP contribution in [-0.4, -0.2) is 43.7 Å². The average Bonchev–Trinajstić information content (AvgIpc) is 3.43. The standard InChI is InChI=1S/C19H29N3O/c1-3-8-18(9-4-1)21-19(22-13-5-2-6-14-22)20-12-7-15-23-16-17-10-11-17/h1,3-4,8-9,17H,2,5-7,10-16H2,(H,20,21). The Labute approximate surface area is 139 Å². The predicted molar refractivity (Wildman–Crippen MR) is 96.0 cm³/mol. The molecule has 4 heteroatoms. The lowest BCUT2D eigenvalue weighted by Gasteiger charge is -2.30. The van der Waals surface area contributed by atoms with E-state index < -0.39 is 0 Å². The van der Waals surface area contributed by atoms with E-state index in [1.54, 1.807) is 0 Å². The highest BCUT2D eigenvalue weighted by Crippen LogP contribution is 2.28. The van der Waals surface area contributed by atoms with E-state index in [1.807, 2.05) is 6.07 Å². The van der Waals surface area contributed by atoms with Gasteiger partial charge >= 0.3 is 0 Å². The van der Waals surface area contributed by atoms with Crippen molar-refractivity contribution in [2.45, 2.75) is 38.5 Å². The number of nitrogens with zero attached hydrogens (tertiary/aromatic N) is 2. The van der Waals surface area contributed by atoms with E-state index in [0.717, 1.165) is 56.8 Å². The van der Waals surface area contributed by atoms with Crippen molar-refractivity contribution in [3.63, 3.8) is 0 Å². The molecule has 0 radical (unpaired) electrons. The van der Waals surface area contributed by atoms with Crippen LogP contribution in [0, 0.1) is 5.92 Å². The Morgan fingerprint density at radius 2 is 1.91 bits per heavy atom. The molecular weight excluding hydrogens is 286 g/mol. The fraction of sp³-hybridized carbons (Fsp3) is 0.632. The Bertz CT molecular complexity index is 479. The molecule has 4 nitrogen and oxygen atoms in total. The zero-order valence-corrected chi connectivity index (χ0v) is 14.0. The van der Waals surface area contributed by atoms with E-state index in [2.05, 4.69) is 34.5 Å². The largest absolute Gasteiger partial charge is 0.381 e. The van der Waals surface area contributed by atoms with Crippen LogP contribution in [0.25, 0.3) is 0 Å². The van der Waals surface area contributed by atoms with E-state index in [1.165, 1.54) is 32.1 Å². The molecule has 2 aliphatic rings. The molecule has 2 fully saturated rings. The first-order chi connectivity index (χ1) is 11.4. The van der Waals surface area contributed by atoms with Gasteiger partial charge < -0.3 is 15.0 Å². The minimum atomic E-state index is 0.830. The lowest BCUT2D eigenvalue weighted by molar-refractivity contribution is 0.123. The lowest BCUT2D eigenvalue weighted by atomic mass is 10.1. The highest BCUT2D eigenvalue weighted by atomic mass is 16.5. The number of para-hydroxylation sites is 1. The van der Waals surface area contributed by atoms with Gasteiger partial charge in [-0.3, -0.25) is 4.99 Å². The molecule has 1 aromatic rings. The first kappa shape index (κ1) is 16.3. The third kappa shape index (κ3) is 5.87. The van der Waals surface area contributed by atoms with Crippen molar-refractivity contribution in [3.8, 4) is 0 Å². The van der Waals surface area contributed by atoms with Gasteiger partial charge in [0.05, 0.1) is 0 Å². The fourth-order valence-corrected chi connectivity index (χ4v) is 2.86. The Balaban J connectivity index is 1.49. The molecule has 1 saturated carbocycles. The number of anilines is 1. The van der Waals surface area contributed by atoms with Crippen LogP contribution < -0.4 is 5.32 Å². The molecule has 0 atom stereocenters. The fourth-order valence-electron chi connectivity index (χ4n) is 2.86.